The molecular formula is C12H10N2O2S2. The third-order valence-electron chi connectivity index (χ3n) is 2.27. The third-order valence-corrected chi connectivity index (χ3v) is 3.24. The minimum absolute atomic E-state index is 0.0701. The lowest BCUT2D eigenvalue weighted by Crippen LogP contribution is -2.14. The molecule has 92 valence electrons. The molecule has 1 aromatic heterocycles. The maximum Gasteiger partial charge on any atom is 0.256 e. The number of aromatic nitrogens is 1. The van der Waals surface area contributed by atoms with E-state index in [1.54, 1.807) is 6.26 Å². The summed E-state index contributed by atoms with van der Waals surface area (Å²) in [5.74, 6) is -0.241. The average molecular weight is 278 g/mol. The maximum atomic E-state index is 11.3. The number of hydrogen-bond donors (Lipinski definition) is 1. The summed E-state index contributed by atoms with van der Waals surface area (Å²) in [6.07, 6.45) is 1.80. The van der Waals surface area contributed by atoms with Crippen LogP contribution >= 0.6 is 24.0 Å². The maximum absolute atomic E-state index is 11.3. The lowest BCUT2D eigenvalue weighted by molar-refractivity contribution is 0.0993. The Morgan fingerprint density at radius 3 is 2.61 bits per heavy atom. The van der Waals surface area contributed by atoms with E-state index in [1.165, 1.54) is 11.8 Å². The van der Waals surface area contributed by atoms with Crippen LogP contribution in [0.1, 0.15) is 10.4 Å². The second-order valence-corrected chi connectivity index (χ2v) is 4.59. The number of hydrogen-bond acceptors (Lipinski definition) is 5. The van der Waals surface area contributed by atoms with Crippen LogP contribution in [0.5, 0.6) is 0 Å². The van der Waals surface area contributed by atoms with Crippen LogP contribution in [-0.2, 0) is 0 Å². The fourth-order valence-electron chi connectivity index (χ4n) is 1.45. The van der Waals surface area contributed by atoms with Gasteiger partial charge < -0.3 is 10.2 Å². The molecule has 0 spiro atoms. The lowest BCUT2D eigenvalue weighted by atomic mass is 10.2. The quantitative estimate of drug-likeness (QED) is 0.690. The van der Waals surface area contributed by atoms with Gasteiger partial charge in [-0.25, -0.2) is 4.98 Å². The smallest absolute Gasteiger partial charge is 0.256 e. The first-order chi connectivity index (χ1) is 8.63. The standard InChI is InChI=1S/C12H10N2O2S2/c1-18-11-8(9(13)15)12(17)16-10(14-11)7-5-3-2-4-6-7/h2-6H,1H3,(H2,13,15). The molecule has 2 aromatic rings. The molecule has 0 aliphatic heterocycles. The minimum atomic E-state index is -0.625. The molecule has 4 nitrogen and oxygen atoms in total. The van der Waals surface area contributed by atoms with Crippen molar-refractivity contribution in [2.24, 2.45) is 5.73 Å². The highest BCUT2D eigenvalue weighted by molar-refractivity contribution is 7.98. The van der Waals surface area contributed by atoms with Gasteiger partial charge in [0.05, 0.1) is 0 Å². The highest BCUT2D eigenvalue weighted by Gasteiger charge is 2.16. The highest BCUT2D eigenvalue weighted by atomic mass is 32.2. The Morgan fingerprint density at radius 2 is 2.06 bits per heavy atom. The second kappa shape index (κ2) is 5.32. The summed E-state index contributed by atoms with van der Waals surface area (Å²) in [7, 11) is 0. The van der Waals surface area contributed by atoms with Gasteiger partial charge in [-0.2, -0.15) is 0 Å². The van der Waals surface area contributed by atoms with Gasteiger partial charge in [0, 0.05) is 5.56 Å². The molecular weight excluding hydrogens is 268 g/mol. The van der Waals surface area contributed by atoms with Crippen molar-refractivity contribution in [3.63, 3.8) is 0 Å². The van der Waals surface area contributed by atoms with E-state index in [2.05, 4.69) is 4.98 Å². The SMILES string of the molecule is CSc1nc(-c2ccccc2)oc(=S)c1C(N)=O. The van der Waals surface area contributed by atoms with Gasteiger partial charge in [0.1, 0.15) is 10.6 Å². The Kier molecular flexibility index (Phi) is 3.78. The third kappa shape index (κ3) is 2.44. The highest BCUT2D eigenvalue weighted by Crippen LogP contribution is 2.25. The molecule has 0 aliphatic carbocycles. The average Bonchev–Trinajstić information content (AvgIpc) is 2.38. The number of amides is 1. The molecule has 1 aromatic carbocycles. The number of carbonyl (C=O) groups is 1. The van der Waals surface area contributed by atoms with E-state index in [1.807, 2.05) is 30.3 Å². The predicted octanol–water partition coefficient (Wildman–Crippen LogP) is 2.89. The zero-order valence-electron chi connectivity index (χ0n) is 9.54. The van der Waals surface area contributed by atoms with Crippen molar-refractivity contribution in [1.29, 1.82) is 0 Å². The Labute approximate surface area is 113 Å². The van der Waals surface area contributed by atoms with Crippen LogP contribution in [0.25, 0.3) is 11.5 Å². The molecule has 0 saturated heterocycles. The number of thioether (sulfide) groups is 1. The Hall–Kier alpha value is -1.66. The van der Waals surface area contributed by atoms with Crippen molar-refractivity contribution in [3.05, 3.63) is 40.6 Å². The monoisotopic (exact) mass is 278 g/mol. The van der Waals surface area contributed by atoms with Gasteiger partial charge in [0.15, 0.2) is 0 Å². The van der Waals surface area contributed by atoms with E-state index in [0.717, 1.165) is 5.56 Å². The van der Waals surface area contributed by atoms with E-state index < -0.39 is 5.91 Å². The largest absolute Gasteiger partial charge is 0.426 e. The molecule has 0 radical (unpaired) electrons. The molecule has 1 amide bonds. The zero-order chi connectivity index (χ0) is 13.1. The van der Waals surface area contributed by atoms with E-state index in [9.17, 15) is 4.79 Å². The van der Waals surface area contributed by atoms with E-state index >= 15 is 0 Å². The number of nitrogens with two attached hydrogens (primary N) is 1. The van der Waals surface area contributed by atoms with Crippen LogP contribution < -0.4 is 5.73 Å². The molecule has 0 atom stereocenters. The van der Waals surface area contributed by atoms with Crippen molar-refractivity contribution in [2.45, 2.75) is 5.03 Å². The van der Waals surface area contributed by atoms with E-state index in [4.69, 9.17) is 22.4 Å². The molecule has 0 aliphatic rings. The van der Waals surface area contributed by atoms with Gasteiger partial charge in [-0.15, -0.1) is 11.8 Å². The number of primary amides is 1. The van der Waals surface area contributed by atoms with Crippen LogP contribution in [0, 0.1) is 4.71 Å². The number of nitrogens with zero attached hydrogens (tertiary/aromatic N) is 1. The lowest BCUT2D eigenvalue weighted by Gasteiger charge is -2.05. The molecule has 18 heavy (non-hydrogen) atoms. The molecule has 0 unspecified atom stereocenters. The fourth-order valence-corrected chi connectivity index (χ4v) is 2.37. The summed E-state index contributed by atoms with van der Waals surface area (Å²) >= 11 is 6.36. The minimum Gasteiger partial charge on any atom is -0.426 e. The van der Waals surface area contributed by atoms with Gasteiger partial charge in [0.2, 0.25) is 10.6 Å². The molecule has 0 bridgehead atoms. The van der Waals surface area contributed by atoms with Crippen molar-refractivity contribution in [3.8, 4) is 11.5 Å². The van der Waals surface area contributed by atoms with Crippen LogP contribution in [0.15, 0.2) is 39.8 Å². The zero-order valence-corrected chi connectivity index (χ0v) is 11.2. The van der Waals surface area contributed by atoms with Crippen LogP contribution in [-0.4, -0.2) is 17.1 Å². The van der Waals surface area contributed by atoms with Gasteiger partial charge in [-0.1, -0.05) is 18.2 Å². The summed E-state index contributed by atoms with van der Waals surface area (Å²) in [5.41, 5.74) is 6.23. The summed E-state index contributed by atoms with van der Waals surface area (Å²) < 4.78 is 5.46. The summed E-state index contributed by atoms with van der Waals surface area (Å²) in [6.45, 7) is 0. The normalized spacial score (nSPS) is 10.3. The summed E-state index contributed by atoms with van der Waals surface area (Å²) in [5, 5.41) is 0.484. The van der Waals surface area contributed by atoms with Crippen LogP contribution in [0.3, 0.4) is 0 Å². The molecule has 2 rings (SSSR count). The molecule has 2 N–H and O–H groups in total. The topological polar surface area (TPSA) is 69.1 Å². The van der Waals surface area contributed by atoms with Crippen molar-refractivity contribution in [2.75, 3.05) is 6.26 Å². The Balaban J connectivity index is 2.64. The van der Waals surface area contributed by atoms with Gasteiger partial charge in [-0.05, 0) is 30.6 Å². The van der Waals surface area contributed by atoms with Crippen LogP contribution in [0.4, 0.5) is 0 Å². The van der Waals surface area contributed by atoms with Crippen molar-refractivity contribution in [1.82, 2.24) is 4.98 Å². The first-order valence-electron chi connectivity index (χ1n) is 5.08. The molecule has 0 saturated carbocycles. The second-order valence-electron chi connectivity index (χ2n) is 3.42. The molecule has 0 fully saturated rings. The number of benzene rings is 1. The van der Waals surface area contributed by atoms with E-state index in [-0.39, 0.29) is 10.3 Å². The fraction of sp³-hybridized carbons (Fsp3) is 0.0833. The van der Waals surface area contributed by atoms with Crippen LogP contribution in [0.2, 0.25) is 0 Å². The molecule has 6 heteroatoms. The van der Waals surface area contributed by atoms with E-state index in [0.29, 0.717) is 10.9 Å². The first kappa shape index (κ1) is 12.8. The number of carbonyl (C=O) groups excluding carboxylic acids is 1. The van der Waals surface area contributed by atoms with Gasteiger partial charge >= 0.3 is 0 Å². The summed E-state index contributed by atoms with van der Waals surface area (Å²) in [6, 6.07) is 9.35. The van der Waals surface area contributed by atoms with Gasteiger partial charge in [0.25, 0.3) is 5.91 Å². The number of rotatable bonds is 3. The first-order valence-corrected chi connectivity index (χ1v) is 6.71. The van der Waals surface area contributed by atoms with Crippen molar-refractivity contribution >= 4 is 29.9 Å². The Morgan fingerprint density at radius 1 is 1.39 bits per heavy atom. The van der Waals surface area contributed by atoms with Crippen molar-refractivity contribution < 1.29 is 9.21 Å². The molecule has 1 heterocycles. The Bertz CT molecular complexity index is 638. The van der Waals surface area contributed by atoms with Gasteiger partial charge in [-0.3, -0.25) is 4.79 Å². The predicted molar refractivity (Wildman–Crippen MR) is 73.1 cm³/mol. The summed E-state index contributed by atoms with van der Waals surface area (Å²) in [4.78, 5) is 15.6.